The molecule has 5 heteroatoms. The lowest BCUT2D eigenvalue weighted by atomic mass is 10.3. The topological polar surface area (TPSA) is 71.3 Å². The van der Waals surface area contributed by atoms with E-state index in [1.807, 2.05) is 0 Å². The molecule has 5 nitrogen and oxygen atoms in total. The molecular weight excluding hydrogens is 160 g/mol. The van der Waals surface area contributed by atoms with Crippen LogP contribution in [0.3, 0.4) is 0 Å². The molecule has 0 aromatic carbocycles. The van der Waals surface area contributed by atoms with Crippen LogP contribution in [0, 0.1) is 0 Å². The van der Waals surface area contributed by atoms with Gasteiger partial charge in [-0.1, -0.05) is 6.07 Å². The first-order valence-corrected chi connectivity index (χ1v) is 3.30. The molecule has 64 valence electrons. The van der Waals surface area contributed by atoms with E-state index in [1.54, 1.807) is 0 Å². The van der Waals surface area contributed by atoms with Crippen LogP contribution < -0.4 is 10.9 Å². The monoisotopic (exact) mass is 168 g/mol. The van der Waals surface area contributed by atoms with Gasteiger partial charge >= 0.3 is 0 Å². The van der Waals surface area contributed by atoms with Crippen molar-refractivity contribution in [2.24, 2.45) is 0 Å². The van der Waals surface area contributed by atoms with E-state index in [0.29, 0.717) is 4.73 Å². The number of rotatable bonds is 1. The Morgan fingerprint density at radius 1 is 1.58 bits per heavy atom. The normalized spacial score (nSPS) is 9.42. The minimum absolute atomic E-state index is 0.0787. The number of amides is 1. The molecule has 1 heterocycles. The van der Waals surface area contributed by atoms with E-state index < -0.39 is 11.5 Å². The first-order chi connectivity index (χ1) is 5.66. The van der Waals surface area contributed by atoms with Crippen LogP contribution in [0.2, 0.25) is 0 Å². The van der Waals surface area contributed by atoms with Gasteiger partial charge in [0.2, 0.25) is 0 Å². The van der Waals surface area contributed by atoms with Crippen LogP contribution in [0.4, 0.5) is 0 Å². The van der Waals surface area contributed by atoms with E-state index in [4.69, 9.17) is 5.21 Å². The fourth-order valence-electron chi connectivity index (χ4n) is 0.781. The van der Waals surface area contributed by atoms with E-state index in [-0.39, 0.29) is 5.69 Å². The summed E-state index contributed by atoms with van der Waals surface area (Å²) in [7, 11) is 1.42. The van der Waals surface area contributed by atoms with Crippen LogP contribution >= 0.6 is 0 Å². The molecule has 0 aliphatic rings. The molecule has 0 radical (unpaired) electrons. The standard InChI is InChI=1S/C7H8N2O3/c1-8-7(11)5-3-2-4-6(10)9(5)12/h2-4,12H,1H3,(H,8,11). The molecule has 0 aliphatic heterocycles. The Balaban J connectivity index is 3.26. The van der Waals surface area contributed by atoms with Crippen molar-refractivity contribution in [3.05, 3.63) is 34.2 Å². The van der Waals surface area contributed by atoms with Crippen molar-refractivity contribution in [2.45, 2.75) is 0 Å². The van der Waals surface area contributed by atoms with Gasteiger partial charge in [0, 0.05) is 13.1 Å². The Morgan fingerprint density at radius 3 is 2.83 bits per heavy atom. The van der Waals surface area contributed by atoms with Crippen LogP contribution in [0.5, 0.6) is 0 Å². The van der Waals surface area contributed by atoms with E-state index in [0.717, 1.165) is 6.07 Å². The van der Waals surface area contributed by atoms with Crippen LogP contribution in [0.15, 0.2) is 23.0 Å². The maximum absolute atomic E-state index is 11.0. The quantitative estimate of drug-likeness (QED) is 0.552. The number of pyridine rings is 1. The Bertz CT molecular complexity index is 356. The SMILES string of the molecule is CNC(=O)c1cccc(=O)n1O. The van der Waals surface area contributed by atoms with Crippen molar-refractivity contribution >= 4 is 5.91 Å². The molecule has 0 fully saturated rings. The largest absolute Gasteiger partial charge is 0.425 e. The lowest BCUT2D eigenvalue weighted by molar-refractivity contribution is 0.0901. The summed E-state index contributed by atoms with van der Waals surface area (Å²) < 4.78 is 0.304. The average molecular weight is 168 g/mol. The van der Waals surface area contributed by atoms with Crippen LogP contribution in [0.25, 0.3) is 0 Å². The number of carbonyl (C=O) groups excluding carboxylic acids is 1. The molecule has 0 atom stereocenters. The second kappa shape index (κ2) is 3.08. The first-order valence-electron chi connectivity index (χ1n) is 3.30. The Kier molecular flexibility index (Phi) is 2.14. The molecular formula is C7H8N2O3. The highest BCUT2D eigenvalue weighted by Crippen LogP contribution is 1.91. The van der Waals surface area contributed by atoms with Crippen LogP contribution in [0.1, 0.15) is 10.5 Å². The lowest BCUT2D eigenvalue weighted by Gasteiger charge is -2.02. The van der Waals surface area contributed by atoms with Crippen LogP contribution in [-0.2, 0) is 0 Å². The molecule has 1 rings (SSSR count). The smallest absolute Gasteiger partial charge is 0.283 e. The third kappa shape index (κ3) is 1.29. The molecule has 2 N–H and O–H groups in total. The Labute approximate surface area is 68.2 Å². The van der Waals surface area contributed by atoms with Crippen molar-refractivity contribution in [2.75, 3.05) is 7.05 Å². The molecule has 0 saturated heterocycles. The fraction of sp³-hybridized carbons (Fsp3) is 0.143. The molecule has 1 amide bonds. The number of aromatic nitrogens is 1. The predicted molar refractivity (Wildman–Crippen MR) is 41.3 cm³/mol. The van der Waals surface area contributed by atoms with Gasteiger partial charge in [-0.3, -0.25) is 9.59 Å². The minimum Gasteiger partial charge on any atom is -0.425 e. The summed E-state index contributed by atoms with van der Waals surface area (Å²) in [6.45, 7) is 0. The molecule has 0 unspecified atom stereocenters. The third-order valence-electron chi connectivity index (χ3n) is 1.39. The van der Waals surface area contributed by atoms with Crippen molar-refractivity contribution < 1.29 is 10.0 Å². The second-order valence-electron chi connectivity index (χ2n) is 2.14. The second-order valence-corrected chi connectivity index (χ2v) is 2.14. The van der Waals surface area contributed by atoms with E-state index in [9.17, 15) is 9.59 Å². The van der Waals surface area contributed by atoms with Crippen molar-refractivity contribution in [3.8, 4) is 0 Å². The average Bonchev–Trinajstić information content (AvgIpc) is 2.08. The third-order valence-corrected chi connectivity index (χ3v) is 1.39. The van der Waals surface area contributed by atoms with Gasteiger partial charge in [-0.15, -0.1) is 4.73 Å². The van der Waals surface area contributed by atoms with Crippen molar-refractivity contribution in [3.63, 3.8) is 0 Å². The summed E-state index contributed by atoms with van der Waals surface area (Å²) in [5, 5.41) is 11.3. The molecule has 0 saturated carbocycles. The zero-order valence-corrected chi connectivity index (χ0v) is 6.44. The zero-order valence-electron chi connectivity index (χ0n) is 6.44. The highest BCUT2D eigenvalue weighted by molar-refractivity contribution is 5.92. The van der Waals surface area contributed by atoms with Crippen molar-refractivity contribution in [1.29, 1.82) is 0 Å². The molecule has 0 spiro atoms. The number of hydrogen-bond acceptors (Lipinski definition) is 3. The van der Waals surface area contributed by atoms with Gasteiger partial charge in [0.05, 0.1) is 0 Å². The predicted octanol–water partition coefficient (Wildman–Crippen LogP) is -0.555. The molecule has 0 bridgehead atoms. The number of nitrogens with zero attached hydrogens (tertiary/aromatic N) is 1. The van der Waals surface area contributed by atoms with Gasteiger partial charge in [-0.2, -0.15) is 0 Å². The number of carbonyl (C=O) groups is 1. The van der Waals surface area contributed by atoms with E-state index in [1.165, 1.54) is 19.2 Å². The van der Waals surface area contributed by atoms with Gasteiger partial charge in [-0.25, -0.2) is 0 Å². The first kappa shape index (κ1) is 8.32. The van der Waals surface area contributed by atoms with Gasteiger partial charge in [0.25, 0.3) is 11.5 Å². The highest BCUT2D eigenvalue weighted by atomic mass is 16.5. The van der Waals surface area contributed by atoms with Crippen LogP contribution in [-0.4, -0.2) is 22.9 Å². The Hall–Kier alpha value is -1.78. The highest BCUT2D eigenvalue weighted by Gasteiger charge is 2.08. The maximum Gasteiger partial charge on any atom is 0.283 e. The summed E-state index contributed by atoms with van der Waals surface area (Å²) in [5.74, 6) is -0.504. The summed E-state index contributed by atoms with van der Waals surface area (Å²) in [6, 6.07) is 3.91. The molecule has 12 heavy (non-hydrogen) atoms. The van der Waals surface area contributed by atoms with Gasteiger partial charge in [0.1, 0.15) is 5.69 Å². The summed E-state index contributed by atoms with van der Waals surface area (Å²) >= 11 is 0. The van der Waals surface area contributed by atoms with E-state index >= 15 is 0 Å². The Morgan fingerprint density at radius 2 is 2.25 bits per heavy atom. The van der Waals surface area contributed by atoms with Gasteiger partial charge < -0.3 is 10.5 Å². The lowest BCUT2D eigenvalue weighted by Crippen LogP contribution is -2.28. The maximum atomic E-state index is 11.0. The summed E-state index contributed by atoms with van der Waals surface area (Å²) in [5.41, 5.74) is -0.707. The number of hydrogen-bond donors (Lipinski definition) is 2. The fourth-order valence-corrected chi connectivity index (χ4v) is 0.781. The van der Waals surface area contributed by atoms with E-state index in [2.05, 4.69) is 5.32 Å². The van der Waals surface area contributed by atoms with Gasteiger partial charge in [0.15, 0.2) is 0 Å². The van der Waals surface area contributed by atoms with Crippen molar-refractivity contribution in [1.82, 2.24) is 10.0 Å². The molecule has 1 aromatic rings. The number of nitrogens with one attached hydrogen (secondary N) is 1. The summed E-state index contributed by atoms with van der Waals surface area (Å²) in [4.78, 5) is 21.7. The minimum atomic E-state index is -0.629. The van der Waals surface area contributed by atoms with Gasteiger partial charge in [-0.05, 0) is 6.07 Å². The molecule has 1 aromatic heterocycles. The summed E-state index contributed by atoms with van der Waals surface area (Å²) in [6.07, 6.45) is 0. The zero-order chi connectivity index (χ0) is 9.14. The molecule has 0 aliphatic carbocycles.